The lowest BCUT2D eigenvalue weighted by molar-refractivity contribution is -0.135. The van der Waals surface area contributed by atoms with E-state index in [-0.39, 0.29) is 23.9 Å². The first-order valence-corrected chi connectivity index (χ1v) is 12.7. The van der Waals surface area contributed by atoms with Gasteiger partial charge in [-0.3, -0.25) is 24.0 Å². The van der Waals surface area contributed by atoms with Crippen LogP contribution in [-0.4, -0.2) is 76.1 Å². The minimum Gasteiger partial charge on any atom is -0.328 e. The highest BCUT2D eigenvalue weighted by atomic mass is 16.2. The average molecular weight is 469 g/mol. The van der Waals surface area contributed by atoms with Crippen LogP contribution in [0.2, 0.25) is 0 Å². The predicted octanol–water partition coefficient (Wildman–Crippen LogP) is 0.920. The summed E-state index contributed by atoms with van der Waals surface area (Å²) in [6.07, 6.45) is 4.92. The van der Waals surface area contributed by atoms with Crippen LogP contribution >= 0.6 is 0 Å². The molecule has 4 heterocycles. The number of rotatable bonds is 5. The van der Waals surface area contributed by atoms with Crippen molar-refractivity contribution in [3.8, 4) is 0 Å². The summed E-state index contributed by atoms with van der Waals surface area (Å²) in [5, 5.41) is 2.39. The first-order chi connectivity index (χ1) is 16.4. The molecule has 3 aliphatic rings. The number of aryl methyl sites for hydroxylation is 1. The third-order valence-electron chi connectivity index (χ3n) is 8.05. The smallest absolute Gasteiger partial charge is 0.328 e. The zero-order valence-corrected chi connectivity index (χ0v) is 20.0. The molecule has 3 fully saturated rings. The molecule has 1 aromatic heterocycles. The molecule has 5 rings (SSSR count). The van der Waals surface area contributed by atoms with Crippen LogP contribution in [0.25, 0.3) is 11.0 Å². The molecule has 0 bridgehead atoms. The van der Waals surface area contributed by atoms with Gasteiger partial charge in [-0.2, -0.15) is 0 Å². The highest BCUT2D eigenvalue weighted by molar-refractivity contribution is 6.00. The Morgan fingerprint density at radius 2 is 1.59 bits per heavy atom. The summed E-state index contributed by atoms with van der Waals surface area (Å²) >= 11 is 0. The number of likely N-dealkylation sites (tertiary alicyclic amines) is 2. The molecule has 0 radical (unpaired) electrons. The fraction of sp³-hybridized carbons (Fsp3) is 0.640. The lowest BCUT2D eigenvalue weighted by Crippen LogP contribution is -2.44. The number of carbonyl (C=O) groups is 2. The molecule has 3 N–H and O–H groups in total. The quantitative estimate of drug-likeness (QED) is 0.633. The van der Waals surface area contributed by atoms with Crippen LogP contribution in [0.3, 0.4) is 0 Å². The van der Waals surface area contributed by atoms with Gasteiger partial charge in [-0.15, -0.1) is 0 Å². The van der Waals surface area contributed by atoms with Crippen molar-refractivity contribution in [3.63, 3.8) is 0 Å². The molecular formula is C25H36N6O3. The van der Waals surface area contributed by atoms with Crippen molar-refractivity contribution in [3.05, 3.63) is 34.2 Å². The Morgan fingerprint density at radius 3 is 2.24 bits per heavy atom. The van der Waals surface area contributed by atoms with Crippen LogP contribution in [0, 0.1) is 0 Å². The number of piperidine rings is 3. The average Bonchev–Trinajstić information content (AvgIpc) is 3.09. The molecule has 1 unspecified atom stereocenters. The van der Waals surface area contributed by atoms with Crippen LogP contribution in [0.5, 0.6) is 0 Å². The Hall–Kier alpha value is -2.49. The normalized spacial score (nSPS) is 24.1. The number of hydrogen-bond acceptors (Lipinski definition) is 6. The van der Waals surface area contributed by atoms with E-state index >= 15 is 0 Å². The number of imidazole rings is 1. The first kappa shape index (κ1) is 23.3. The predicted molar refractivity (Wildman–Crippen MR) is 131 cm³/mol. The zero-order chi connectivity index (χ0) is 23.8. The molecule has 0 spiro atoms. The Labute approximate surface area is 199 Å². The van der Waals surface area contributed by atoms with Gasteiger partial charge in [-0.1, -0.05) is 12.1 Å². The van der Waals surface area contributed by atoms with Gasteiger partial charge in [0.1, 0.15) is 6.04 Å². The van der Waals surface area contributed by atoms with E-state index in [0.717, 1.165) is 76.0 Å². The maximum Gasteiger partial charge on any atom is 0.329 e. The van der Waals surface area contributed by atoms with Crippen LogP contribution in [0.1, 0.15) is 56.0 Å². The van der Waals surface area contributed by atoms with Gasteiger partial charge in [0.2, 0.25) is 11.8 Å². The molecule has 34 heavy (non-hydrogen) atoms. The molecule has 9 heteroatoms. The molecule has 3 saturated heterocycles. The number of imide groups is 1. The molecule has 3 aliphatic heterocycles. The molecule has 2 amide bonds. The number of nitrogens with one attached hydrogen (secondary N) is 1. The molecule has 9 nitrogen and oxygen atoms in total. The topological polar surface area (TPSA) is 106 Å². The largest absolute Gasteiger partial charge is 0.329 e. The molecule has 0 saturated carbocycles. The summed E-state index contributed by atoms with van der Waals surface area (Å²) in [6.45, 7) is 6.52. The number of aromatic nitrogens is 2. The number of nitrogens with two attached hydrogens (primary N) is 1. The van der Waals surface area contributed by atoms with Gasteiger partial charge < -0.3 is 15.5 Å². The van der Waals surface area contributed by atoms with Crippen molar-refractivity contribution in [1.82, 2.24) is 24.3 Å². The second-order valence-electron chi connectivity index (χ2n) is 10.2. The summed E-state index contributed by atoms with van der Waals surface area (Å²) < 4.78 is 3.27. The van der Waals surface area contributed by atoms with Gasteiger partial charge in [-0.05, 0) is 75.8 Å². The number of para-hydroxylation sites is 1. The van der Waals surface area contributed by atoms with Crippen molar-refractivity contribution in [2.45, 2.75) is 56.5 Å². The van der Waals surface area contributed by atoms with E-state index in [1.165, 1.54) is 5.56 Å². The summed E-state index contributed by atoms with van der Waals surface area (Å²) in [5.41, 5.74) is 8.72. The van der Waals surface area contributed by atoms with Crippen LogP contribution in [-0.2, 0) is 16.6 Å². The highest BCUT2D eigenvalue weighted by Crippen LogP contribution is 2.34. The van der Waals surface area contributed by atoms with E-state index in [9.17, 15) is 14.4 Å². The zero-order valence-electron chi connectivity index (χ0n) is 20.0. The molecule has 184 valence electrons. The first-order valence-electron chi connectivity index (χ1n) is 12.7. The van der Waals surface area contributed by atoms with Crippen molar-refractivity contribution in [2.75, 3.05) is 39.3 Å². The van der Waals surface area contributed by atoms with Gasteiger partial charge in [0.15, 0.2) is 0 Å². The lowest BCUT2D eigenvalue weighted by Gasteiger charge is -2.35. The molecule has 0 aliphatic carbocycles. The van der Waals surface area contributed by atoms with Crippen LogP contribution in [0.15, 0.2) is 23.0 Å². The van der Waals surface area contributed by atoms with Crippen molar-refractivity contribution in [2.24, 2.45) is 12.8 Å². The van der Waals surface area contributed by atoms with Crippen molar-refractivity contribution >= 4 is 22.8 Å². The molecule has 1 atom stereocenters. The summed E-state index contributed by atoms with van der Waals surface area (Å²) in [4.78, 5) is 42.4. The van der Waals surface area contributed by atoms with Gasteiger partial charge in [0.25, 0.3) is 0 Å². The fourth-order valence-corrected chi connectivity index (χ4v) is 5.95. The van der Waals surface area contributed by atoms with Crippen LogP contribution < -0.4 is 16.7 Å². The molecular weight excluding hydrogens is 432 g/mol. The second-order valence-corrected chi connectivity index (χ2v) is 10.2. The van der Waals surface area contributed by atoms with E-state index in [1.807, 2.05) is 12.1 Å². The second kappa shape index (κ2) is 9.64. The third-order valence-corrected chi connectivity index (χ3v) is 8.05. The number of nitrogens with zero attached hydrogens (tertiary/aromatic N) is 4. The summed E-state index contributed by atoms with van der Waals surface area (Å²) in [6, 6.07) is 5.77. The van der Waals surface area contributed by atoms with E-state index in [2.05, 4.69) is 21.2 Å². The Kier molecular flexibility index (Phi) is 6.59. The number of hydrogen-bond donors (Lipinski definition) is 2. The number of amides is 2. The Balaban J connectivity index is 1.30. The Bertz CT molecular complexity index is 1120. The van der Waals surface area contributed by atoms with Crippen molar-refractivity contribution < 1.29 is 9.59 Å². The van der Waals surface area contributed by atoms with Gasteiger partial charge >= 0.3 is 5.69 Å². The standard InChI is InChI=1S/C25H36N6O3/c1-28-23-19(17-7-11-29(12-8-17)15-16-30-13-9-18(26)10-14-30)3-2-4-20(23)31(25(28)34)21-5-6-22(32)27-24(21)33/h2-4,17-18,21H,5-16,26H2,1H3,(H,27,32,33). The van der Waals surface area contributed by atoms with Gasteiger partial charge in [-0.25, -0.2) is 4.79 Å². The fourth-order valence-electron chi connectivity index (χ4n) is 5.95. The Morgan fingerprint density at radius 1 is 0.941 bits per heavy atom. The minimum absolute atomic E-state index is 0.198. The highest BCUT2D eigenvalue weighted by Gasteiger charge is 2.32. The SMILES string of the molecule is Cn1c(=O)n(C2CCC(=O)NC2=O)c2cccc(C3CCN(CCN4CCC(N)CC4)CC3)c21. The number of carbonyl (C=O) groups excluding carboxylic acids is 2. The molecule has 2 aromatic rings. The summed E-state index contributed by atoms with van der Waals surface area (Å²) in [7, 11) is 1.79. The third kappa shape index (κ3) is 4.44. The number of fused-ring (bicyclic) bond motifs is 1. The van der Waals surface area contributed by atoms with E-state index in [0.29, 0.717) is 18.4 Å². The maximum absolute atomic E-state index is 13.2. The molecule has 1 aromatic carbocycles. The minimum atomic E-state index is -0.643. The summed E-state index contributed by atoms with van der Waals surface area (Å²) in [5.74, 6) is -0.276. The van der Waals surface area contributed by atoms with Crippen LogP contribution in [0.4, 0.5) is 0 Å². The van der Waals surface area contributed by atoms with Crippen molar-refractivity contribution in [1.29, 1.82) is 0 Å². The van der Waals surface area contributed by atoms with E-state index in [4.69, 9.17) is 5.73 Å². The number of benzene rings is 1. The van der Waals surface area contributed by atoms with Gasteiger partial charge in [0.05, 0.1) is 11.0 Å². The monoisotopic (exact) mass is 468 g/mol. The maximum atomic E-state index is 13.2. The van der Waals surface area contributed by atoms with Gasteiger partial charge in [0, 0.05) is 32.6 Å². The lowest BCUT2D eigenvalue weighted by atomic mass is 9.88. The van der Waals surface area contributed by atoms with E-state index in [1.54, 1.807) is 16.2 Å². The van der Waals surface area contributed by atoms with E-state index < -0.39 is 6.04 Å².